The van der Waals surface area contributed by atoms with Gasteiger partial charge in [-0.15, -0.1) is 12.4 Å². The summed E-state index contributed by atoms with van der Waals surface area (Å²) < 4.78 is 29.1. The van der Waals surface area contributed by atoms with E-state index in [0.717, 1.165) is 5.56 Å². The van der Waals surface area contributed by atoms with Gasteiger partial charge in [0, 0.05) is 24.6 Å². The topological polar surface area (TPSA) is 50.4 Å². The molecule has 0 heterocycles. The minimum atomic E-state index is -2.88. The maximum absolute atomic E-state index is 12.3. The van der Waals surface area contributed by atoms with E-state index in [1.54, 1.807) is 26.1 Å². The van der Waals surface area contributed by atoms with E-state index in [9.17, 15) is 13.6 Å². The Bertz CT molecular complexity index is 459. The van der Waals surface area contributed by atoms with Crippen molar-refractivity contribution in [2.45, 2.75) is 27.0 Å². The van der Waals surface area contributed by atoms with Gasteiger partial charge in [0.2, 0.25) is 5.91 Å². The fraction of sp³-hybridized carbons (Fsp3) is 0.500. The highest BCUT2D eigenvalue weighted by Gasteiger charge is 2.14. The first-order chi connectivity index (χ1) is 9.43. The van der Waals surface area contributed by atoms with Crippen molar-refractivity contribution >= 4 is 18.3 Å². The van der Waals surface area contributed by atoms with Crippen molar-refractivity contribution in [3.63, 3.8) is 0 Å². The number of halogens is 3. The zero-order valence-electron chi connectivity index (χ0n) is 12.3. The molecular weight excluding hydrogens is 302 g/mol. The first-order valence-electron chi connectivity index (χ1n) is 6.40. The minimum Gasteiger partial charge on any atom is -0.434 e. The van der Waals surface area contributed by atoms with Crippen molar-refractivity contribution in [1.29, 1.82) is 0 Å². The van der Waals surface area contributed by atoms with Gasteiger partial charge in [-0.05, 0) is 20.0 Å². The van der Waals surface area contributed by atoms with Gasteiger partial charge < -0.3 is 15.4 Å². The van der Waals surface area contributed by atoms with Crippen LogP contribution in [0.2, 0.25) is 0 Å². The summed E-state index contributed by atoms with van der Waals surface area (Å²) in [5, 5.41) is 5.63. The number of amides is 1. The molecule has 120 valence electrons. The molecule has 0 saturated carbocycles. The first kappa shape index (κ1) is 19.6. The molecule has 1 aromatic carbocycles. The Morgan fingerprint density at radius 1 is 1.38 bits per heavy atom. The number of rotatable bonds is 7. The van der Waals surface area contributed by atoms with Crippen molar-refractivity contribution in [3.8, 4) is 5.75 Å². The van der Waals surface area contributed by atoms with Crippen LogP contribution in [0.3, 0.4) is 0 Å². The van der Waals surface area contributed by atoms with Crippen molar-refractivity contribution < 1.29 is 18.3 Å². The monoisotopic (exact) mass is 322 g/mol. The third-order valence-corrected chi connectivity index (χ3v) is 2.84. The predicted octanol–water partition coefficient (Wildman–Crippen LogP) is 2.49. The number of nitrogens with one attached hydrogen (secondary N) is 2. The quantitative estimate of drug-likeness (QED) is 0.811. The number of alkyl halides is 2. The molecule has 1 atom stereocenters. The van der Waals surface area contributed by atoms with Gasteiger partial charge in [0.25, 0.3) is 0 Å². The van der Waals surface area contributed by atoms with Crippen LogP contribution in [-0.4, -0.2) is 26.1 Å². The van der Waals surface area contributed by atoms with Gasteiger partial charge in [-0.2, -0.15) is 8.78 Å². The molecule has 1 amide bonds. The highest BCUT2D eigenvalue weighted by Crippen LogP contribution is 2.22. The van der Waals surface area contributed by atoms with Gasteiger partial charge in [0.1, 0.15) is 5.75 Å². The van der Waals surface area contributed by atoms with E-state index in [2.05, 4.69) is 15.4 Å². The van der Waals surface area contributed by atoms with Crippen LogP contribution in [0.5, 0.6) is 5.75 Å². The third-order valence-electron chi connectivity index (χ3n) is 2.84. The smallest absolute Gasteiger partial charge is 0.387 e. The van der Waals surface area contributed by atoms with Gasteiger partial charge in [0.15, 0.2) is 0 Å². The third kappa shape index (κ3) is 6.73. The molecule has 0 bridgehead atoms. The average Bonchev–Trinajstić information content (AvgIpc) is 2.38. The lowest BCUT2D eigenvalue weighted by molar-refractivity contribution is -0.124. The maximum Gasteiger partial charge on any atom is 0.387 e. The van der Waals surface area contributed by atoms with E-state index in [4.69, 9.17) is 0 Å². The predicted molar refractivity (Wildman–Crippen MR) is 80.0 cm³/mol. The first-order valence-corrected chi connectivity index (χ1v) is 6.40. The maximum atomic E-state index is 12.3. The molecule has 1 rings (SSSR count). The van der Waals surface area contributed by atoms with Crippen molar-refractivity contribution in [3.05, 3.63) is 29.3 Å². The normalized spacial score (nSPS) is 11.7. The molecule has 0 radical (unpaired) electrons. The van der Waals surface area contributed by atoms with E-state index in [1.807, 2.05) is 6.92 Å². The van der Waals surface area contributed by atoms with Gasteiger partial charge in [0.05, 0.1) is 0 Å². The number of hydrogen-bond donors (Lipinski definition) is 2. The SMILES string of the molecule is CNCC(C)C(=O)NCc1cc(C)ccc1OC(F)F.Cl. The van der Waals surface area contributed by atoms with Crippen molar-refractivity contribution in [1.82, 2.24) is 10.6 Å². The van der Waals surface area contributed by atoms with Crippen LogP contribution < -0.4 is 15.4 Å². The Balaban J connectivity index is 0.00000400. The molecule has 1 aromatic rings. The van der Waals surface area contributed by atoms with E-state index in [1.165, 1.54) is 6.07 Å². The van der Waals surface area contributed by atoms with Crippen LogP contribution in [0.15, 0.2) is 18.2 Å². The molecule has 7 heteroatoms. The summed E-state index contributed by atoms with van der Waals surface area (Å²) in [6.45, 7) is 1.48. The van der Waals surface area contributed by atoms with Gasteiger partial charge in [-0.3, -0.25) is 4.79 Å². The molecule has 2 N–H and O–H groups in total. The number of carbonyl (C=O) groups excluding carboxylic acids is 1. The van der Waals surface area contributed by atoms with E-state index < -0.39 is 6.61 Å². The van der Waals surface area contributed by atoms with E-state index >= 15 is 0 Å². The highest BCUT2D eigenvalue weighted by atomic mass is 35.5. The van der Waals surface area contributed by atoms with Crippen molar-refractivity contribution in [2.24, 2.45) is 5.92 Å². The largest absolute Gasteiger partial charge is 0.434 e. The lowest BCUT2D eigenvalue weighted by Gasteiger charge is -2.14. The molecule has 0 aliphatic carbocycles. The minimum absolute atomic E-state index is 0. The van der Waals surface area contributed by atoms with Crippen LogP contribution in [0.25, 0.3) is 0 Å². The summed E-state index contributed by atoms with van der Waals surface area (Å²) in [6, 6.07) is 4.90. The molecule has 0 aliphatic heterocycles. The number of hydrogen-bond acceptors (Lipinski definition) is 3. The van der Waals surface area contributed by atoms with Crippen LogP contribution >= 0.6 is 12.4 Å². The Hall–Kier alpha value is -1.40. The second-order valence-electron chi connectivity index (χ2n) is 4.67. The molecule has 0 saturated heterocycles. The fourth-order valence-electron chi connectivity index (χ4n) is 1.81. The van der Waals surface area contributed by atoms with Crippen molar-refractivity contribution in [2.75, 3.05) is 13.6 Å². The number of carbonyl (C=O) groups is 1. The molecular formula is C14H21ClF2N2O2. The summed E-state index contributed by atoms with van der Waals surface area (Å²) in [5.41, 5.74) is 1.45. The Morgan fingerprint density at radius 3 is 2.62 bits per heavy atom. The Kier molecular flexibility index (Phi) is 8.89. The summed E-state index contributed by atoms with van der Waals surface area (Å²) in [7, 11) is 1.76. The van der Waals surface area contributed by atoms with Crippen LogP contribution in [0, 0.1) is 12.8 Å². The summed E-state index contributed by atoms with van der Waals surface area (Å²) in [5.74, 6) is -0.236. The number of aryl methyl sites for hydroxylation is 1. The molecule has 4 nitrogen and oxygen atoms in total. The fourth-order valence-corrected chi connectivity index (χ4v) is 1.81. The zero-order chi connectivity index (χ0) is 15.1. The lowest BCUT2D eigenvalue weighted by atomic mass is 10.1. The second kappa shape index (κ2) is 9.52. The zero-order valence-corrected chi connectivity index (χ0v) is 13.1. The average molecular weight is 323 g/mol. The Labute approximate surface area is 129 Å². The van der Waals surface area contributed by atoms with Crippen LogP contribution in [0.1, 0.15) is 18.1 Å². The summed E-state index contributed by atoms with van der Waals surface area (Å²) in [4.78, 5) is 11.8. The lowest BCUT2D eigenvalue weighted by Crippen LogP contribution is -2.34. The molecule has 0 aliphatic rings. The number of benzene rings is 1. The van der Waals surface area contributed by atoms with E-state index in [-0.39, 0.29) is 36.5 Å². The summed E-state index contributed by atoms with van der Waals surface area (Å²) >= 11 is 0. The molecule has 1 unspecified atom stereocenters. The molecule has 0 aromatic heterocycles. The van der Waals surface area contributed by atoms with Gasteiger partial charge >= 0.3 is 6.61 Å². The van der Waals surface area contributed by atoms with Crippen LogP contribution in [-0.2, 0) is 11.3 Å². The highest BCUT2D eigenvalue weighted by molar-refractivity contribution is 5.85. The van der Waals surface area contributed by atoms with E-state index in [0.29, 0.717) is 12.1 Å². The van der Waals surface area contributed by atoms with Gasteiger partial charge in [-0.1, -0.05) is 24.6 Å². The summed E-state index contributed by atoms with van der Waals surface area (Å²) in [6.07, 6.45) is 0. The molecule has 0 fully saturated rings. The van der Waals surface area contributed by atoms with Crippen LogP contribution in [0.4, 0.5) is 8.78 Å². The Morgan fingerprint density at radius 2 is 2.05 bits per heavy atom. The second-order valence-corrected chi connectivity index (χ2v) is 4.67. The van der Waals surface area contributed by atoms with Gasteiger partial charge in [-0.25, -0.2) is 0 Å². The standard InChI is InChI=1S/C14H20F2N2O2.ClH/c1-9-4-5-12(20-14(15)16)11(6-9)8-18-13(19)10(2)7-17-3;/h4-6,10,14,17H,7-8H2,1-3H3,(H,18,19);1H. The number of ether oxygens (including phenoxy) is 1. The molecule has 21 heavy (non-hydrogen) atoms. The molecule has 0 spiro atoms.